The minimum absolute atomic E-state index is 0.0169. The molecule has 2 saturated heterocycles. The molecular weight excluding hydrogens is 812 g/mol. The van der Waals surface area contributed by atoms with E-state index in [2.05, 4.69) is 26.6 Å². The van der Waals surface area contributed by atoms with Gasteiger partial charge in [0.25, 0.3) is 0 Å². The largest absolute Gasteiger partial charge is 0.486 e. The molecule has 0 radical (unpaired) electrons. The molecule has 2 aromatic rings. The molecule has 58 heavy (non-hydrogen) atoms. The summed E-state index contributed by atoms with van der Waals surface area (Å²) in [6.45, 7) is 14.3. The molecule has 2 amide bonds. The van der Waals surface area contributed by atoms with Gasteiger partial charge in [-0.3, -0.25) is 0 Å². The second-order valence-corrected chi connectivity index (χ2v) is 17.6. The van der Waals surface area contributed by atoms with E-state index in [-0.39, 0.29) is 24.5 Å². The van der Waals surface area contributed by atoms with Crippen molar-refractivity contribution in [3.05, 3.63) is 60.7 Å². The highest BCUT2D eigenvalue weighted by molar-refractivity contribution is 9.09. The van der Waals surface area contributed by atoms with Crippen molar-refractivity contribution in [3.8, 4) is 11.5 Å². The number of para-hydroxylation sites is 2. The second-order valence-electron chi connectivity index (χ2n) is 16.8. The summed E-state index contributed by atoms with van der Waals surface area (Å²) in [7, 11) is 0. The topological polar surface area (TPSA) is 168 Å². The first kappa shape index (κ1) is 48.3. The van der Waals surface area contributed by atoms with Crippen LogP contribution in [0.5, 0.6) is 11.5 Å². The highest BCUT2D eigenvalue weighted by Crippen LogP contribution is 2.30. The maximum atomic E-state index is 12.7. The third-order valence-corrected chi connectivity index (χ3v) is 10.0. The zero-order chi connectivity index (χ0) is 42.9. The molecule has 2 fully saturated rings. The van der Waals surface area contributed by atoms with Crippen molar-refractivity contribution in [1.29, 1.82) is 0 Å². The normalized spacial score (nSPS) is 25.8. The molecule has 14 heteroatoms. The summed E-state index contributed by atoms with van der Waals surface area (Å²) >= 11 is 3.53. The van der Waals surface area contributed by atoms with Crippen molar-refractivity contribution < 1.29 is 52.7 Å². The number of alkyl halides is 1. The number of nitrogens with one attached hydrogen (secondary N) is 2. The highest BCUT2D eigenvalue weighted by Gasteiger charge is 2.37. The molecule has 0 aromatic heterocycles. The number of hydrogen-bond donors (Lipinski definition) is 3. The molecule has 2 aliphatic rings. The van der Waals surface area contributed by atoms with Crippen molar-refractivity contribution in [3.63, 3.8) is 0 Å². The number of hydrogen-bond acceptors (Lipinski definition) is 11. The lowest BCUT2D eigenvalue weighted by Gasteiger charge is -2.31. The summed E-state index contributed by atoms with van der Waals surface area (Å²) in [5, 5.41) is 15.6. The van der Waals surface area contributed by atoms with E-state index in [0.29, 0.717) is 31.4 Å². The Bertz CT molecular complexity index is 1430. The fourth-order valence-electron chi connectivity index (χ4n) is 6.95. The fourth-order valence-corrected chi connectivity index (χ4v) is 7.53. The fraction of sp³-hybridized carbons (Fsp3) is 0.636. The first-order chi connectivity index (χ1) is 27.4. The number of aliphatic hydroxyl groups excluding tert-OH is 1. The van der Waals surface area contributed by atoms with E-state index in [1.165, 1.54) is 0 Å². The highest BCUT2D eigenvalue weighted by atomic mass is 79.9. The quantitative estimate of drug-likeness (QED) is 0.119. The number of carbonyl (C=O) groups excluding carboxylic acids is 4. The molecule has 0 saturated carbocycles. The Labute approximate surface area is 352 Å². The SMILES string of the molecule is C[C@@H]1OC(=O)[C@@H](NC(=O)OC(C)(C)C)CCC[C@H](CCBr)[C@H]1Oc1ccccc1.C[C@@H]1OC(=O)[C@@H](NC(=O)OC(C)(C)C)CCC[C@H](CCO)[C@H]1Oc1ccccc1. The third-order valence-electron chi connectivity index (χ3n) is 9.56. The number of amides is 2. The number of rotatable bonds is 10. The Hall–Kier alpha value is -4.04. The minimum atomic E-state index is -0.780. The number of carbonyl (C=O) groups is 4. The molecule has 8 atom stereocenters. The van der Waals surface area contributed by atoms with Crippen molar-refractivity contribution >= 4 is 40.1 Å². The van der Waals surface area contributed by atoms with Crippen LogP contribution in [0.25, 0.3) is 0 Å². The average molecular weight is 878 g/mol. The van der Waals surface area contributed by atoms with Gasteiger partial charge >= 0.3 is 24.1 Å². The Morgan fingerprint density at radius 3 is 1.40 bits per heavy atom. The molecule has 3 N–H and O–H groups in total. The van der Waals surface area contributed by atoms with E-state index in [9.17, 15) is 24.3 Å². The van der Waals surface area contributed by atoms with E-state index in [1.807, 2.05) is 67.6 Å². The monoisotopic (exact) mass is 876 g/mol. The van der Waals surface area contributed by atoms with Crippen molar-refractivity contribution in [2.75, 3.05) is 11.9 Å². The Kier molecular flexibility index (Phi) is 19.6. The second kappa shape index (κ2) is 23.5. The summed E-state index contributed by atoms with van der Waals surface area (Å²) in [4.78, 5) is 49.7. The zero-order valence-electron chi connectivity index (χ0n) is 35.4. The van der Waals surface area contributed by atoms with E-state index in [4.69, 9.17) is 28.4 Å². The number of cyclic esters (lactones) is 2. The van der Waals surface area contributed by atoms with Crippen molar-refractivity contribution in [2.45, 2.75) is 154 Å². The van der Waals surface area contributed by atoms with Crippen LogP contribution in [0, 0.1) is 11.8 Å². The molecule has 2 aliphatic heterocycles. The third kappa shape index (κ3) is 17.4. The molecule has 2 heterocycles. The molecule has 0 unspecified atom stereocenters. The lowest BCUT2D eigenvalue weighted by molar-refractivity contribution is -0.157. The van der Waals surface area contributed by atoms with Crippen LogP contribution >= 0.6 is 15.9 Å². The Balaban J connectivity index is 0.000000310. The first-order valence-corrected chi connectivity index (χ1v) is 21.5. The van der Waals surface area contributed by atoms with Gasteiger partial charge in [0.15, 0.2) is 0 Å². The maximum Gasteiger partial charge on any atom is 0.408 e. The van der Waals surface area contributed by atoms with Gasteiger partial charge in [0.2, 0.25) is 0 Å². The van der Waals surface area contributed by atoms with Crippen molar-refractivity contribution in [2.24, 2.45) is 11.8 Å². The summed E-state index contributed by atoms with van der Waals surface area (Å²) in [6, 6.07) is 17.4. The van der Waals surface area contributed by atoms with Crippen LogP contribution in [0.2, 0.25) is 0 Å². The number of halogens is 1. The van der Waals surface area contributed by atoms with E-state index in [0.717, 1.165) is 36.8 Å². The summed E-state index contributed by atoms with van der Waals surface area (Å²) in [5.41, 5.74) is -1.28. The number of benzene rings is 2. The number of esters is 2. The first-order valence-electron chi connectivity index (χ1n) is 20.4. The van der Waals surface area contributed by atoms with E-state index < -0.39 is 65.7 Å². The predicted octanol–water partition coefficient (Wildman–Crippen LogP) is 8.29. The van der Waals surface area contributed by atoms with E-state index in [1.54, 1.807) is 48.5 Å². The lowest BCUT2D eigenvalue weighted by Crippen LogP contribution is -2.46. The smallest absolute Gasteiger partial charge is 0.408 e. The molecule has 324 valence electrons. The van der Waals surface area contributed by atoms with Crippen molar-refractivity contribution in [1.82, 2.24) is 10.6 Å². The summed E-state index contributed by atoms with van der Waals surface area (Å²) < 4.78 is 34.3. The molecular formula is C44H65BrN2O11. The van der Waals surface area contributed by atoms with E-state index >= 15 is 0 Å². The molecule has 13 nitrogen and oxygen atoms in total. The summed E-state index contributed by atoms with van der Waals surface area (Å²) in [5.74, 6) is 0.716. The van der Waals surface area contributed by atoms with Gasteiger partial charge in [0, 0.05) is 23.8 Å². The van der Waals surface area contributed by atoms with Gasteiger partial charge in [0.05, 0.1) is 0 Å². The molecule has 0 spiro atoms. The Morgan fingerprint density at radius 2 is 1.05 bits per heavy atom. The van der Waals surface area contributed by atoms with Crippen LogP contribution in [0.15, 0.2) is 60.7 Å². The summed E-state index contributed by atoms with van der Waals surface area (Å²) in [6.07, 6.45) is 2.55. The van der Waals surface area contributed by atoms with Gasteiger partial charge in [-0.05, 0) is 118 Å². The molecule has 2 aromatic carbocycles. The van der Waals surface area contributed by atoms with Gasteiger partial charge in [-0.25, -0.2) is 19.2 Å². The van der Waals surface area contributed by atoms with Gasteiger partial charge in [-0.15, -0.1) is 0 Å². The number of ether oxygens (including phenoxy) is 6. The van der Waals surface area contributed by atoms with Crippen LogP contribution in [-0.4, -0.2) is 88.9 Å². The minimum Gasteiger partial charge on any atom is -0.486 e. The predicted molar refractivity (Wildman–Crippen MR) is 224 cm³/mol. The molecule has 4 rings (SSSR count). The average Bonchev–Trinajstić information content (AvgIpc) is 3.21. The lowest BCUT2D eigenvalue weighted by atomic mass is 9.89. The molecule has 0 bridgehead atoms. The number of aliphatic hydroxyl groups is 1. The van der Waals surface area contributed by atoms with Crippen LogP contribution in [0.4, 0.5) is 9.59 Å². The van der Waals surface area contributed by atoms with Crippen LogP contribution in [-0.2, 0) is 28.5 Å². The van der Waals surface area contributed by atoms with Gasteiger partial charge < -0.3 is 44.2 Å². The van der Waals surface area contributed by atoms with Gasteiger partial charge in [-0.2, -0.15) is 0 Å². The maximum absolute atomic E-state index is 12.7. The van der Waals surface area contributed by atoms with Crippen LogP contribution in [0.1, 0.15) is 107 Å². The Morgan fingerprint density at radius 1 is 0.672 bits per heavy atom. The van der Waals surface area contributed by atoms with Crippen LogP contribution < -0.4 is 20.1 Å². The zero-order valence-corrected chi connectivity index (χ0v) is 37.0. The van der Waals surface area contributed by atoms with Gasteiger partial charge in [0.1, 0.15) is 59.2 Å². The number of alkyl carbamates (subject to hydrolysis) is 2. The molecule has 0 aliphatic carbocycles. The standard InChI is InChI=1S/C22H32BrNO5.C22H33NO6/c1-15-19(28-17-10-6-5-7-11-17)16(13-14-23)9-8-12-18(20(25)27-15)24-21(26)29-22(2,3)4;1-15-19(28-17-10-6-5-7-11-17)16(13-14-24)9-8-12-18(20(25)27-15)23-21(26)29-22(2,3)4/h5-7,10-11,15-16,18-19H,8-9,12-14H2,1-4H3,(H,24,26);5-7,10-11,15-16,18-19,24H,8-9,12-14H2,1-4H3,(H,23,26)/t2*15-,16+,18-,19-/m00/s1. The van der Waals surface area contributed by atoms with Gasteiger partial charge in [-0.1, -0.05) is 65.2 Å². The van der Waals surface area contributed by atoms with Crippen LogP contribution in [0.3, 0.4) is 0 Å².